The highest BCUT2D eigenvalue weighted by molar-refractivity contribution is 5.91. The maximum atomic E-state index is 12.4. The van der Waals surface area contributed by atoms with Gasteiger partial charge in [0, 0.05) is 32.3 Å². The van der Waals surface area contributed by atoms with Crippen LogP contribution < -0.4 is 14.8 Å². The summed E-state index contributed by atoms with van der Waals surface area (Å²) in [6.07, 6.45) is 2.88. The van der Waals surface area contributed by atoms with Crippen molar-refractivity contribution in [1.29, 1.82) is 0 Å². The number of benzene rings is 2. The number of hydrogen-bond acceptors (Lipinski definition) is 5. The van der Waals surface area contributed by atoms with E-state index in [-0.39, 0.29) is 23.5 Å². The molecule has 1 fully saturated rings. The first kappa shape index (κ1) is 22.7. The van der Waals surface area contributed by atoms with Crippen LogP contribution in [-0.2, 0) is 16.1 Å². The second kappa shape index (κ2) is 11.4. The molecule has 1 amide bonds. The van der Waals surface area contributed by atoms with Crippen molar-refractivity contribution in [2.45, 2.75) is 19.3 Å². The summed E-state index contributed by atoms with van der Waals surface area (Å²) in [4.78, 5) is 14.5. The SMILES string of the molecule is COc1cc(C=CC(=O)NCC2CN(Cc3ccccc3)CCO2)ccc1OC(F)F. The minimum Gasteiger partial charge on any atom is -0.493 e. The van der Waals surface area contributed by atoms with Crippen LogP contribution in [0.1, 0.15) is 11.1 Å². The Balaban J connectivity index is 1.47. The number of halogens is 2. The van der Waals surface area contributed by atoms with Crippen molar-refractivity contribution < 1.29 is 27.8 Å². The van der Waals surface area contributed by atoms with Gasteiger partial charge in [0.1, 0.15) is 0 Å². The Labute approximate surface area is 180 Å². The number of alkyl halides is 2. The third-order valence-electron chi connectivity index (χ3n) is 4.81. The molecule has 0 saturated carbocycles. The number of methoxy groups -OCH3 is 1. The van der Waals surface area contributed by atoms with Crippen LogP contribution in [-0.4, -0.2) is 56.9 Å². The van der Waals surface area contributed by atoms with Crippen LogP contribution in [0.15, 0.2) is 54.6 Å². The number of carbonyl (C=O) groups excluding carboxylic acids is 1. The number of morpholine rings is 1. The van der Waals surface area contributed by atoms with E-state index in [1.54, 1.807) is 12.1 Å². The fourth-order valence-electron chi connectivity index (χ4n) is 3.32. The second-order valence-corrected chi connectivity index (χ2v) is 7.08. The van der Waals surface area contributed by atoms with Crippen LogP contribution in [0.25, 0.3) is 6.08 Å². The van der Waals surface area contributed by atoms with Crippen molar-refractivity contribution in [3.63, 3.8) is 0 Å². The lowest BCUT2D eigenvalue weighted by Crippen LogP contribution is -2.46. The highest BCUT2D eigenvalue weighted by Gasteiger charge is 2.20. The van der Waals surface area contributed by atoms with E-state index in [0.29, 0.717) is 18.7 Å². The molecule has 1 aliphatic heterocycles. The predicted molar refractivity (Wildman–Crippen MR) is 113 cm³/mol. The second-order valence-electron chi connectivity index (χ2n) is 7.08. The monoisotopic (exact) mass is 432 g/mol. The lowest BCUT2D eigenvalue weighted by Gasteiger charge is -2.33. The molecule has 0 spiro atoms. The molecular weight excluding hydrogens is 406 g/mol. The first-order valence-corrected chi connectivity index (χ1v) is 10.00. The molecule has 1 aliphatic rings. The maximum Gasteiger partial charge on any atom is 0.387 e. The van der Waals surface area contributed by atoms with E-state index in [9.17, 15) is 13.6 Å². The number of rotatable bonds is 9. The van der Waals surface area contributed by atoms with E-state index in [4.69, 9.17) is 9.47 Å². The number of amides is 1. The predicted octanol–water partition coefficient (Wildman–Crippen LogP) is 3.33. The van der Waals surface area contributed by atoms with Crippen LogP contribution in [0, 0.1) is 0 Å². The number of nitrogens with zero attached hydrogens (tertiary/aromatic N) is 1. The summed E-state index contributed by atoms with van der Waals surface area (Å²) in [5, 5.41) is 2.84. The van der Waals surface area contributed by atoms with Crippen molar-refractivity contribution in [2.75, 3.05) is 33.4 Å². The van der Waals surface area contributed by atoms with Crippen LogP contribution in [0.4, 0.5) is 8.78 Å². The van der Waals surface area contributed by atoms with Gasteiger partial charge in [-0.3, -0.25) is 9.69 Å². The summed E-state index contributed by atoms with van der Waals surface area (Å²) in [6, 6.07) is 14.7. The Morgan fingerprint density at radius 2 is 2.06 bits per heavy atom. The third kappa shape index (κ3) is 7.34. The Morgan fingerprint density at radius 1 is 1.26 bits per heavy atom. The van der Waals surface area contributed by atoms with Gasteiger partial charge in [-0.15, -0.1) is 0 Å². The molecule has 0 aliphatic carbocycles. The average molecular weight is 432 g/mol. The number of carbonyl (C=O) groups is 1. The molecular formula is C23H26F2N2O4. The number of hydrogen-bond donors (Lipinski definition) is 1. The van der Waals surface area contributed by atoms with E-state index >= 15 is 0 Å². The minimum atomic E-state index is -2.94. The van der Waals surface area contributed by atoms with E-state index in [0.717, 1.165) is 19.6 Å². The molecule has 0 radical (unpaired) electrons. The molecule has 1 unspecified atom stereocenters. The zero-order valence-corrected chi connectivity index (χ0v) is 17.3. The van der Waals surface area contributed by atoms with Crippen LogP contribution in [0.3, 0.4) is 0 Å². The molecule has 2 aromatic carbocycles. The summed E-state index contributed by atoms with van der Waals surface area (Å²) >= 11 is 0. The van der Waals surface area contributed by atoms with Crippen LogP contribution in [0.5, 0.6) is 11.5 Å². The summed E-state index contributed by atoms with van der Waals surface area (Å²) in [6.45, 7) is 0.525. The number of nitrogens with one attached hydrogen (secondary N) is 1. The molecule has 3 rings (SSSR count). The molecule has 0 bridgehead atoms. The first-order valence-electron chi connectivity index (χ1n) is 10.00. The Hall–Kier alpha value is -2.97. The van der Waals surface area contributed by atoms with Gasteiger partial charge >= 0.3 is 6.61 Å². The molecule has 6 nitrogen and oxygen atoms in total. The summed E-state index contributed by atoms with van der Waals surface area (Å²) in [5.74, 6) is -0.166. The normalized spacial score (nSPS) is 17.1. The third-order valence-corrected chi connectivity index (χ3v) is 4.81. The van der Waals surface area contributed by atoms with Crippen molar-refractivity contribution >= 4 is 12.0 Å². The van der Waals surface area contributed by atoms with E-state index in [1.165, 1.54) is 30.9 Å². The topological polar surface area (TPSA) is 60.0 Å². The molecule has 1 N–H and O–H groups in total. The van der Waals surface area contributed by atoms with Crippen molar-refractivity contribution in [3.8, 4) is 11.5 Å². The zero-order chi connectivity index (χ0) is 22.1. The fraction of sp³-hybridized carbons (Fsp3) is 0.348. The number of ether oxygens (including phenoxy) is 3. The smallest absolute Gasteiger partial charge is 0.387 e. The van der Waals surface area contributed by atoms with Crippen LogP contribution in [0.2, 0.25) is 0 Å². The van der Waals surface area contributed by atoms with Crippen molar-refractivity contribution in [3.05, 3.63) is 65.7 Å². The Kier molecular flexibility index (Phi) is 8.37. The quantitative estimate of drug-likeness (QED) is 0.616. The summed E-state index contributed by atoms with van der Waals surface area (Å²) in [5.41, 5.74) is 1.87. The molecule has 1 heterocycles. The van der Waals surface area contributed by atoms with Gasteiger partial charge in [0.25, 0.3) is 0 Å². The highest BCUT2D eigenvalue weighted by atomic mass is 19.3. The van der Waals surface area contributed by atoms with Gasteiger partial charge in [-0.2, -0.15) is 8.78 Å². The van der Waals surface area contributed by atoms with Crippen molar-refractivity contribution in [2.24, 2.45) is 0 Å². The standard InChI is InChI=1S/C23H26F2N2O4/c1-29-21-13-17(7-9-20(21)31-23(24)25)8-10-22(28)26-14-19-16-27(11-12-30-19)15-18-5-3-2-4-6-18/h2-10,13,19,23H,11-12,14-16H2,1H3,(H,26,28). The van der Waals surface area contributed by atoms with Gasteiger partial charge in [-0.05, 0) is 29.3 Å². The molecule has 1 atom stereocenters. The van der Waals surface area contributed by atoms with E-state index in [1.807, 2.05) is 18.2 Å². The summed E-state index contributed by atoms with van der Waals surface area (Å²) in [7, 11) is 1.36. The van der Waals surface area contributed by atoms with E-state index < -0.39 is 6.61 Å². The minimum absolute atomic E-state index is 0.0615. The average Bonchev–Trinajstić information content (AvgIpc) is 2.77. The molecule has 2 aromatic rings. The Bertz CT molecular complexity index is 877. The van der Waals surface area contributed by atoms with Gasteiger partial charge in [-0.1, -0.05) is 36.4 Å². The molecule has 166 valence electrons. The zero-order valence-electron chi connectivity index (χ0n) is 17.3. The van der Waals surface area contributed by atoms with Gasteiger partial charge in [-0.25, -0.2) is 0 Å². The molecule has 0 aromatic heterocycles. The largest absolute Gasteiger partial charge is 0.493 e. The first-order chi connectivity index (χ1) is 15.0. The van der Waals surface area contributed by atoms with Crippen LogP contribution >= 0.6 is 0 Å². The highest BCUT2D eigenvalue weighted by Crippen LogP contribution is 2.29. The molecule has 8 heteroatoms. The van der Waals surface area contributed by atoms with Gasteiger partial charge in [0.15, 0.2) is 11.5 Å². The van der Waals surface area contributed by atoms with Gasteiger partial charge in [0.2, 0.25) is 5.91 Å². The maximum absolute atomic E-state index is 12.4. The summed E-state index contributed by atoms with van der Waals surface area (Å²) < 4.78 is 40.0. The Morgan fingerprint density at radius 3 is 2.81 bits per heavy atom. The molecule has 1 saturated heterocycles. The van der Waals surface area contributed by atoms with Crippen molar-refractivity contribution in [1.82, 2.24) is 10.2 Å². The fourth-order valence-corrected chi connectivity index (χ4v) is 3.32. The lowest BCUT2D eigenvalue weighted by atomic mass is 10.2. The van der Waals surface area contributed by atoms with Gasteiger partial charge < -0.3 is 19.5 Å². The van der Waals surface area contributed by atoms with Gasteiger partial charge in [0.05, 0.1) is 19.8 Å². The lowest BCUT2D eigenvalue weighted by molar-refractivity contribution is -0.117. The van der Waals surface area contributed by atoms with E-state index in [2.05, 4.69) is 27.1 Å². The molecule has 31 heavy (non-hydrogen) atoms.